The van der Waals surface area contributed by atoms with Gasteiger partial charge in [-0.1, -0.05) is 60.7 Å². The third-order valence-electron chi connectivity index (χ3n) is 5.03. The predicted octanol–water partition coefficient (Wildman–Crippen LogP) is 5.30. The standard InChI is InChI=1S/C24H19N3O3/c28-13-19(16-7-3-1-4-8-16)27-23-21-20(18-11-12-29-14-18)22(17-9-5-2-6-10-17)30-24(21)26-15-25-23/h1-12,14-15,19,28H,13H2,(H,25,26,27)/t19-/m1/s1. The molecule has 0 bridgehead atoms. The molecular weight excluding hydrogens is 378 g/mol. The summed E-state index contributed by atoms with van der Waals surface area (Å²) >= 11 is 0. The van der Waals surface area contributed by atoms with Gasteiger partial charge in [-0.25, -0.2) is 9.97 Å². The quantitative estimate of drug-likeness (QED) is 0.405. The number of aromatic nitrogens is 2. The molecule has 0 aliphatic heterocycles. The SMILES string of the molecule is OC[C@@H](Nc1ncnc2oc(-c3ccccc3)c(-c3ccoc3)c12)c1ccccc1. The number of hydrogen-bond donors (Lipinski definition) is 2. The fourth-order valence-corrected chi connectivity index (χ4v) is 3.60. The van der Waals surface area contributed by atoms with Crippen LogP contribution in [0.3, 0.4) is 0 Å². The summed E-state index contributed by atoms with van der Waals surface area (Å²) < 4.78 is 11.5. The highest BCUT2D eigenvalue weighted by atomic mass is 16.3. The van der Waals surface area contributed by atoms with Crippen LogP contribution in [0.4, 0.5) is 5.82 Å². The molecule has 0 aliphatic rings. The topological polar surface area (TPSA) is 84.3 Å². The van der Waals surface area contributed by atoms with Crippen molar-refractivity contribution in [2.24, 2.45) is 0 Å². The maximum absolute atomic E-state index is 10.0. The summed E-state index contributed by atoms with van der Waals surface area (Å²) in [6.07, 6.45) is 4.76. The Morgan fingerprint density at radius 3 is 2.37 bits per heavy atom. The molecule has 3 aromatic heterocycles. The van der Waals surface area contributed by atoms with Crippen molar-refractivity contribution in [2.75, 3.05) is 11.9 Å². The van der Waals surface area contributed by atoms with Crippen LogP contribution in [-0.4, -0.2) is 21.7 Å². The van der Waals surface area contributed by atoms with Crippen molar-refractivity contribution in [2.45, 2.75) is 6.04 Å². The molecule has 6 heteroatoms. The Hall–Kier alpha value is -3.90. The molecule has 0 amide bonds. The van der Waals surface area contributed by atoms with Crippen LogP contribution < -0.4 is 5.32 Å². The average molecular weight is 397 g/mol. The van der Waals surface area contributed by atoms with E-state index in [-0.39, 0.29) is 12.6 Å². The van der Waals surface area contributed by atoms with Crippen LogP contribution in [0.5, 0.6) is 0 Å². The summed E-state index contributed by atoms with van der Waals surface area (Å²) in [4.78, 5) is 8.83. The van der Waals surface area contributed by atoms with Crippen molar-refractivity contribution in [3.63, 3.8) is 0 Å². The molecule has 2 aromatic carbocycles. The number of rotatable bonds is 6. The van der Waals surface area contributed by atoms with Gasteiger partial charge in [-0.15, -0.1) is 0 Å². The number of furan rings is 2. The first-order valence-electron chi connectivity index (χ1n) is 9.63. The first-order valence-corrected chi connectivity index (χ1v) is 9.63. The van der Waals surface area contributed by atoms with Crippen molar-refractivity contribution >= 4 is 16.9 Å². The maximum Gasteiger partial charge on any atom is 0.232 e. The molecule has 0 radical (unpaired) electrons. The van der Waals surface area contributed by atoms with E-state index in [1.165, 1.54) is 6.33 Å². The Morgan fingerprint density at radius 1 is 0.900 bits per heavy atom. The first kappa shape index (κ1) is 18.1. The molecule has 30 heavy (non-hydrogen) atoms. The highest BCUT2D eigenvalue weighted by Gasteiger charge is 2.24. The largest absolute Gasteiger partial charge is 0.472 e. The molecule has 3 heterocycles. The minimum absolute atomic E-state index is 0.0834. The van der Waals surface area contributed by atoms with Gasteiger partial charge in [0.05, 0.1) is 30.6 Å². The molecule has 6 nitrogen and oxygen atoms in total. The number of benzene rings is 2. The average Bonchev–Trinajstić information content (AvgIpc) is 3.46. The Kier molecular flexibility index (Phi) is 4.75. The number of hydrogen-bond acceptors (Lipinski definition) is 6. The van der Waals surface area contributed by atoms with E-state index in [0.29, 0.717) is 17.3 Å². The number of nitrogens with zero attached hydrogens (tertiary/aromatic N) is 2. The van der Waals surface area contributed by atoms with E-state index >= 15 is 0 Å². The van der Waals surface area contributed by atoms with E-state index in [0.717, 1.165) is 27.6 Å². The highest BCUT2D eigenvalue weighted by Crippen LogP contribution is 2.43. The van der Waals surface area contributed by atoms with Crippen molar-refractivity contribution in [3.05, 3.63) is 91.1 Å². The zero-order chi connectivity index (χ0) is 20.3. The summed E-state index contributed by atoms with van der Waals surface area (Å²) in [7, 11) is 0. The molecule has 1 atom stereocenters. The van der Waals surface area contributed by atoms with Gasteiger partial charge < -0.3 is 19.3 Å². The number of nitrogens with one attached hydrogen (secondary N) is 1. The summed E-state index contributed by atoms with van der Waals surface area (Å²) in [5.74, 6) is 1.28. The molecule has 0 aliphatic carbocycles. The van der Waals surface area contributed by atoms with Crippen molar-refractivity contribution in [1.29, 1.82) is 0 Å². The second-order valence-corrected chi connectivity index (χ2v) is 6.88. The van der Waals surface area contributed by atoms with Crippen LogP contribution in [0, 0.1) is 0 Å². The van der Waals surface area contributed by atoms with Gasteiger partial charge in [0.25, 0.3) is 0 Å². The van der Waals surface area contributed by atoms with Crippen LogP contribution in [-0.2, 0) is 0 Å². The van der Waals surface area contributed by atoms with E-state index in [2.05, 4.69) is 15.3 Å². The molecule has 5 rings (SSSR count). The van der Waals surface area contributed by atoms with Gasteiger partial charge in [-0.05, 0) is 11.6 Å². The Morgan fingerprint density at radius 2 is 1.67 bits per heavy atom. The smallest absolute Gasteiger partial charge is 0.232 e. The van der Waals surface area contributed by atoms with Gasteiger partial charge in [0.2, 0.25) is 5.71 Å². The molecule has 0 fully saturated rings. The van der Waals surface area contributed by atoms with E-state index in [9.17, 15) is 5.11 Å². The molecule has 0 spiro atoms. The normalized spacial score (nSPS) is 12.2. The zero-order valence-corrected chi connectivity index (χ0v) is 16.0. The van der Waals surface area contributed by atoms with Crippen molar-refractivity contribution in [3.8, 4) is 22.5 Å². The number of anilines is 1. The van der Waals surface area contributed by atoms with Gasteiger partial charge in [-0.3, -0.25) is 0 Å². The van der Waals surface area contributed by atoms with Crippen LogP contribution in [0.1, 0.15) is 11.6 Å². The van der Waals surface area contributed by atoms with Crippen LogP contribution in [0.2, 0.25) is 0 Å². The summed E-state index contributed by atoms with van der Waals surface area (Å²) in [5, 5.41) is 14.1. The van der Waals surface area contributed by atoms with E-state index in [4.69, 9.17) is 8.83 Å². The van der Waals surface area contributed by atoms with Gasteiger partial charge in [0.1, 0.15) is 17.9 Å². The van der Waals surface area contributed by atoms with Gasteiger partial charge in [-0.2, -0.15) is 0 Å². The summed E-state index contributed by atoms with van der Waals surface area (Å²) in [6, 6.07) is 21.2. The van der Waals surface area contributed by atoms with Crippen molar-refractivity contribution in [1.82, 2.24) is 9.97 Å². The summed E-state index contributed by atoms with van der Waals surface area (Å²) in [5.41, 5.74) is 4.07. The highest BCUT2D eigenvalue weighted by molar-refractivity contribution is 6.05. The molecule has 0 saturated heterocycles. The van der Waals surface area contributed by atoms with Gasteiger partial charge in [0, 0.05) is 16.7 Å². The second-order valence-electron chi connectivity index (χ2n) is 6.88. The monoisotopic (exact) mass is 397 g/mol. The number of fused-ring (bicyclic) bond motifs is 1. The third kappa shape index (κ3) is 3.23. The van der Waals surface area contributed by atoms with Crippen molar-refractivity contribution < 1.29 is 13.9 Å². The van der Waals surface area contributed by atoms with Crippen LogP contribution >= 0.6 is 0 Å². The molecule has 0 unspecified atom stereocenters. The van der Waals surface area contributed by atoms with E-state index in [1.54, 1.807) is 12.5 Å². The lowest BCUT2D eigenvalue weighted by Gasteiger charge is -2.18. The van der Waals surface area contributed by atoms with Gasteiger partial charge in [0.15, 0.2) is 0 Å². The fraction of sp³-hybridized carbons (Fsp3) is 0.0833. The Balaban J connectivity index is 1.70. The van der Waals surface area contributed by atoms with E-state index in [1.807, 2.05) is 66.7 Å². The van der Waals surface area contributed by atoms with Gasteiger partial charge >= 0.3 is 0 Å². The minimum Gasteiger partial charge on any atom is -0.472 e. The lowest BCUT2D eigenvalue weighted by Crippen LogP contribution is -2.15. The predicted molar refractivity (Wildman–Crippen MR) is 115 cm³/mol. The van der Waals surface area contributed by atoms with Crippen LogP contribution in [0.25, 0.3) is 33.6 Å². The number of aliphatic hydroxyl groups excluding tert-OH is 1. The Labute approximate surface area is 172 Å². The fourth-order valence-electron chi connectivity index (χ4n) is 3.60. The maximum atomic E-state index is 10.0. The Bertz CT molecular complexity index is 1250. The zero-order valence-electron chi connectivity index (χ0n) is 16.0. The van der Waals surface area contributed by atoms with E-state index < -0.39 is 0 Å². The molecule has 2 N–H and O–H groups in total. The first-order chi connectivity index (χ1) is 14.8. The number of aliphatic hydroxyl groups is 1. The molecule has 5 aromatic rings. The summed E-state index contributed by atoms with van der Waals surface area (Å²) in [6.45, 7) is -0.0834. The van der Waals surface area contributed by atoms with Crippen LogP contribution in [0.15, 0.2) is 94.4 Å². The molecule has 0 saturated carbocycles. The molecule has 148 valence electrons. The second kappa shape index (κ2) is 7.85. The third-order valence-corrected chi connectivity index (χ3v) is 5.03. The lowest BCUT2D eigenvalue weighted by molar-refractivity contribution is 0.276. The minimum atomic E-state index is -0.323. The molecular formula is C24H19N3O3. The lowest BCUT2D eigenvalue weighted by atomic mass is 10.0.